The van der Waals surface area contributed by atoms with Gasteiger partial charge < -0.3 is 4.74 Å². The summed E-state index contributed by atoms with van der Waals surface area (Å²) in [5.74, 6) is 0.837. The molecule has 4 heteroatoms. The van der Waals surface area contributed by atoms with Crippen LogP contribution in [0.1, 0.15) is 0 Å². The molecule has 0 radical (unpaired) electrons. The smallest absolute Gasteiger partial charge is 0.129 e. The fourth-order valence-corrected chi connectivity index (χ4v) is 2.69. The Kier molecular flexibility index (Phi) is 3.25. The maximum absolute atomic E-state index is 5.37. The summed E-state index contributed by atoms with van der Waals surface area (Å²) in [7, 11) is 1.67. The van der Waals surface area contributed by atoms with Crippen molar-refractivity contribution in [1.29, 1.82) is 0 Å². The van der Waals surface area contributed by atoms with E-state index in [1.807, 2.05) is 47.8 Å². The number of aromatic nitrogens is 2. The van der Waals surface area contributed by atoms with Crippen LogP contribution in [0, 0.1) is 0 Å². The van der Waals surface area contributed by atoms with E-state index >= 15 is 0 Å². The fraction of sp³-hybridized carbons (Fsp3) is 0.0667. The van der Waals surface area contributed by atoms with Crippen molar-refractivity contribution in [2.45, 2.75) is 0 Å². The monoisotopic (exact) mass is 268 g/mol. The van der Waals surface area contributed by atoms with Crippen molar-refractivity contribution in [3.63, 3.8) is 0 Å². The molecule has 0 unspecified atom stereocenters. The van der Waals surface area contributed by atoms with Crippen LogP contribution in [0.25, 0.3) is 22.0 Å². The summed E-state index contributed by atoms with van der Waals surface area (Å²) in [5, 5.41) is 2.96. The van der Waals surface area contributed by atoms with Gasteiger partial charge in [0.05, 0.1) is 18.4 Å². The highest BCUT2D eigenvalue weighted by atomic mass is 32.1. The molecule has 0 saturated heterocycles. The molecule has 1 aromatic carbocycles. The molecule has 0 amide bonds. The van der Waals surface area contributed by atoms with Crippen molar-refractivity contribution in [1.82, 2.24) is 9.97 Å². The van der Waals surface area contributed by atoms with E-state index < -0.39 is 0 Å². The zero-order chi connectivity index (χ0) is 13.1. The van der Waals surface area contributed by atoms with Crippen molar-refractivity contribution < 1.29 is 4.74 Å². The third-order valence-corrected chi connectivity index (χ3v) is 3.64. The lowest BCUT2D eigenvalue weighted by Crippen LogP contribution is -1.87. The summed E-state index contributed by atoms with van der Waals surface area (Å²) in [4.78, 5) is 8.95. The van der Waals surface area contributed by atoms with E-state index in [9.17, 15) is 0 Å². The van der Waals surface area contributed by atoms with Crippen molar-refractivity contribution in [3.8, 4) is 27.7 Å². The first-order valence-electron chi connectivity index (χ1n) is 5.89. The summed E-state index contributed by atoms with van der Waals surface area (Å²) < 4.78 is 5.37. The molecule has 0 saturated carbocycles. The summed E-state index contributed by atoms with van der Waals surface area (Å²) in [5.41, 5.74) is 2.79. The Hall–Kier alpha value is -2.20. The van der Waals surface area contributed by atoms with E-state index in [1.54, 1.807) is 24.6 Å². The first-order chi connectivity index (χ1) is 9.38. The maximum atomic E-state index is 5.37. The van der Waals surface area contributed by atoms with Gasteiger partial charge in [0.1, 0.15) is 16.5 Å². The highest BCUT2D eigenvalue weighted by Crippen LogP contribution is 2.33. The quantitative estimate of drug-likeness (QED) is 0.723. The van der Waals surface area contributed by atoms with Gasteiger partial charge in [0, 0.05) is 11.6 Å². The van der Waals surface area contributed by atoms with Crippen LogP contribution in [-0.2, 0) is 0 Å². The van der Waals surface area contributed by atoms with Gasteiger partial charge in [-0.2, -0.15) is 0 Å². The number of nitrogens with zero attached hydrogens (tertiary/aromatic N) is 2. The Bertz CT molecular complexity index is 679. The molecule has 3 rings (SSSR count). The van der Waals surface area contributed by atoms with E-state index in [0.717, 1.165) is 27.7 Å². The van der Waals surface area contributed by atoms with E-state index in [1.165, 1.54) is 0 Å². The number of thiazole rings is 1. The second-order valence-corrected chi connectivity index (χ2v) is 4.81. The van der Waals surface area contributed by atoms with Gasteiger partial charge in [0.15, 0.2) is 0 Å². The van der Waals surface area contributed by atoms with E-state index in [2.05, 4.69) is 9.97 Å². The van der Waals surface area contributed by atoms with Crippen molar-refractivity contribution in [3.05, 3.63) is 54.0 Å². The molecule has 3 aromatic rings. The van der Waals surface area contributed by atoms with Gasteiger partial charge in [-0.15, -0.1) is 11.3 Å². The normalized spacial score (nSPS) is 10.4. The first-order valence-corrected chi connectivity index (χ1v) is 6.77. The van der Waals surface area contributed by atoms with Crippen LogP contribution >= 0.6 is 11.3 Å². The molecule has 0 bridgehead atoms. The van der Waals surface area contributed by atoms with Crippen LogP contribution < -0.4 is 4.74 Å². The lowest BCUT2D eigenvalue weighted by Gasteiger charge is -2.04. The highest BCUT2D eigenvalue weighted by molar-refractivity contribution is 7.13. The third kappa shape index (κ3) is 2.35. The molecule has 0 fully saturated rings. The molecule has 19 heavy (non-hydrogen) atoms. The summed E-state index contributed by atoms with van der Waals surface area (Å²) in [6, 6.07) is 13.7. The molecule has 3 nitrogen and oxygen atoms in total. The number of ether oxygens (including phenoxy) is 1. The second kappa shape index (κ2) is 5.20. The van der Waals surface area contributed by atoms with Crippen LogP contribution in [-0.4, -0.2) is 17.1 Å². The average molecular weight is 268 g/mol. The molecular formula is C15H12N2OS. The lowest BCUT2D eigenvalue weighted by atomic mass is 10.2. The summed E-state index contributed by atoms with van der Waals surface area (Å²) in [6.07, 6.45) is 1.78. The molecule has 2 heterocycles. The predicted octanol–water partition coefficient (Wildman–Crippen LogP) is 3.88. The lowest BCUT2D eigenvalue weighted by molar-refractivity contribution is 0.416. The Morgan fingerprint density at radius 2 is 1.84 bits per heavy atom. The van der Waals surface area contributed by atoms with E-state index in [4.69, 9.17) is 4.74 Å². The number of para-hydroxylation sites is 1. The van der Waals surface area contributed by atoms with E-state index in [0.29, 0.717) is 0 Å². The maximum Gasteiger partial charge on any atom is 0.129 e. The van der Waals surface area contributed by atoms with Crippen molar-refractivity contribution in [2.24, 2.45) is 0 Å². The summed E-state index contributed by atoms with van der Waals surface area (Å²) in [6.45, 7) is 0. The van der Waals surface area contributed by atoms with Crippen LogP contribution in [0.15, 0.2) is 54.0 Å². The number of hydrogen-bond acceptors (Lipinski definition) is 4. The first kappa shape index (κ1) is 11.9. The largest absolute Gasteiger partial charge is 0.496 e. The Morgan fingerprint density at radius 1 is 1.00 bits per heavy atom. The predicted molar refractivity (Wildman–Crippen MR) is 77.3 cm³/mol. The average Bonchev–Trinajstić information content (AvgIpc) is 2.98. The van der Waals surface area contributed by atoms with Crippen molar-refractivity contribution in [2.75, 3.05) is 7.11 Å². The molecule has 0 aliphatic rings. The molecule has 2 aromatic heterocycles. The third-order valence-electron chi connectivity index (χ3n) is 2.77. The number of benzene rings is 1. The zero-order valence-corrected chi connectivity index (χ0v) is 11.2. The summed E-state index contributed by atoms with van der Waals surface area (Å²) >= 11 is 1.60. The van der Waals surface area contributed by atoms with Gasteiger partial charge in [0.25, 0.3) is 0 Å². The van der Waals surface area contributed by atoms with Crippen LogP contribution in [0.4, 0.5) is 0 Å². The Morgan fingerprint density at radius 3 is 2.63 bits per heavy atom. The highest BCUT2D eigenvalue weighted by Gasteiger charge is 2.10. The molecule has 0 N–H and O–H groups in total. The fourth-order valence-electron chi connectivity index (χ4n) is 1.85. The van der Waals surface area contributed by atoms with Gasteiger partial charge in [0.2, 0.25) is 0 Å². The molecule has 94 valence electrons. The SMILES string of the molecule is COc1ccccc1-c1nc(-c2ccccn2)cs1. The Labute approximate surface area is 115 Å². The molecule has 0 spiro atoms. The molecular weight excluding hydrogens is 256 g/mol. The molecule has 0 aliphatic heterocycles. The number of rotatable bonds is 3. The van der Waals surface area contributed by atoms with Gasteiger partial charge in [-0.1, -0.05) is 18.2 Å². The topological polar surface area (TPSA) is 35.0 Å². The number of hydrogen-bond donors (Lipinski definition) is 0. The van der Waals surface area contributed by atoms with E-state index in [-0.39, 0.29) is 0 Å². The minimum atomic E-state index is 0.837. The van der Waals surface area contributed by atoms with Crippen molar-refractivity contribution >= 4 is 11.3 Å². The van der Waals surface area contributed by atoms with Gasteiger partial charge in [-0.05, 0) is 24.3 Å². The Balaban J connectivity index is 2.02. The second-order valence-electron chi connectivity index (χ2n) is 3.95. The molecule has 0 atom stereocenters. The van der Waals surface area contributed by atoms with Crippen LogP contribution in [0.3, 0.4) is 0 Å². The number of methoxy groups -OCH3 is 1. The van der Waals surface area contributed by atoms with Crippen LogP contribution in [0.2, 0.25) is 0 Å². The van der Waals surface area contributed by atoms with Gasteiger partial charge in [-0.3, -0.25) is 4.98 Å². The van der Waals surface area contributed by atoms with Crippen LogP contribution in [0.5, 0.6) is 5.75 Å². The van der Waals surface area contributed by atoms with Gasteiger partial charge in [-0.25, -0.2) is 4.98 Å². The number of pyridine rings is 1. The van der Waals surface area contributed by atoms with Gasteiger partial charge >= 0.3 is 0 Å². The minimum absolute atomic E-state index is 0.837. The zero-order valence-electron chi connectivity index (χ0n) is 10.4. The molecule has 0 aliphatic carbocycles. The minimum Gasteiger partial charge on any atom is -0.496 e. The standard InChI is InChI=1S/C15H12N2OS/c1-18-14-8-3-2-6-11(14)15-17-13(10-19-15)12-7-4-5-9-16-12/h2-10H,1H3.